The zero-order chi connectivity index (χ0) is 28.9. The first kappa shape index (κ1) is 26.7. The van der Waals surface area contributed by atoms with Crippen molar-refractivity contribution in [2.45, 2.75) is 32.5 Å². The lowest BCUT2D eigenvalue weighted by Crippen LogP contribution is -2.67. The Morgan fingerprint density at radius 3 is 2.51 bits per heavy atom. The second-order valence-corrected chi connectivity index (χ2v) is 10.3. The molecule has 41 heavy (non-hydrogen) atoms. The first-order chi connectivity index (χ1) is 19.6. The fraction of sp³-hybridized carbons (Fsp3) is 0.345. The van der Waals surface area contributed by atoms with Gasteiger partial charge in [0, 0.05) is 37.7 Å². The molecule has 0 radical (unpaired) electrons. The number of fused-ring (bicyclic) bond motifs is 4. The lowest BCUT2D eigenvalue weighted by Gasteiger charge is -2.53. The van der Waals surface area contributed by atoms with E-state index in [-0.39, 0.29) is 18.9 Å². The highest BCUT2D eigenvalue weighted by Gasteiger charge is 2.60. The smallest absolute Gasteiger partial charge is 0.416 e. The van der Waals surface area contributed by atoms with Gasteiger partial charge in [0.1, 0.15) is 5.41 Å². The molecule has 2 aromatic carbocycles. The van der Waals surface area contributed by atoms with Crippen molar-refractivity contribution in [3.8, 4) is 0 Å². The Kier molecular flexibility index (Phi) is 6.43. The molecule has 0 unspecified atom stereocenters. The summed E-state index contributed by atoms with van der Waals surface area (Å²) in [5, 5.41) is 5.94. The van der Waals surface area contributed by atoms with Crippen LogP contribution in [0.25, 0.3) is 0 Å². The molecular formula is C29H27F3N6O3. The average molecular weight is 565 g/mol. The Labute approximate surface area is 234 Å². The van der Waals surface area contributed by atoms with Gasteiger partial charge in [0.25, 0.3) is 5.91 Å². The van der Waals surface area contributed by atoms with E-state index in [1.807, 2.05) is 9.80 Å². The number of esters is 1. The third-order valence-electron chi connectivity index (χ3n) is 8.06. The number of nitrogens with zero attached hydrogens (tertiary/aromatic N) is 6. The molecule has 12 heteroatoms. The van der Waals surface area contributed by atoms with Crippen LogP contribution in [0.4, 0.5) is 30.5 Å². The van der Waals surface area contributed by atoms with Gasteiger partial charge in [0.2, 0.25) is 5.95 Å². The van der Waals surface area contributed by atoms with Crippen molar-refractivity contribution in [2.75, 3.05) is 41.0 Å². The van der Waals surface area contributed by atoms with E-state index in [1.165, 1.54) is 11.1 Å². The highest BCUT2D eigenvalue weighted by atomic mass is 19.4. The second kappa shape index (κ2) is 9.86. The molecule has 2 atom stereocenters. The first-order valence-corrected chi connectivity index (χ1v) is 13.3. The van der Waals surface area contributed by atoms with Gasteiger partial charge in [-0.1, -0.05) is 0 Å². The number of aromatic nitrogens is 2. The van der Waals surface area contributed by atoms with Gasteiger partial charge in [0.05, 0.1) is 35.2 Å². The fourth-order valence-electron chi connectivity index (χ4n) is 6.07. The van der Waals surface area contributed by atoms with Crippen molar-refractivity contribution >= 4 is 34.9 Å². The van der Waals surface area contributed by atoms with Crippen molar-refractivity contribution in [3.05, 3.63) is 77.6 Å². The van der Waals surface area contributed by atoms with E-state index in [2.05, 4.69) is 15.1 Å². The van der Waals surface area contributed by atoms with E-state index >= 15 is 0 Å². The van der Waals surface area contributed by atoms with Gasteiger partial charge in [-0.25, -0.2) is 14.8 Å². The van der Waals surface area contributed by atoms with Crippen LogP contribution in [-0.4, -0.2) is 59.8 Å². The minimum Gasteiger partial charge on any atom is -0.462 e. The van der Waals surface area contributed by atoms with Crippen molar-refractivity contribution in [1.29, 1.82) is 0 Å². The topological polar surface area (TPSA) is 91.2 Å². The van der Waals surface area contributed by atoms with Crippen LogP contribution in [-0.2, 0) is 22.1 Å². The van der Waals surface area contributed by atoms with Crippen LogP contribution >= 0.6 is 0 Å². The van der Waals surface area contributed by atoms with Gasteiger partial charge in [-0.15, -0.1) is 0 Å². The maximum atomic E-state index is 14.4. The number of halogens is 3. The van der Waals surface area contributed by atoms with Crippen LogP contribution in [0.1, 0.15) is 35.3 Å². The zero-order valence-corrected chi connectivity index (χ0v) is 22.4. The third kappa shape index (κ3) is 4.37. The molecule has 0 saturated carbocycles. The van der Waals surface area contributed by atoms with Crippen molar-refractivity contribution in [1.82, 2.24) is 9.97 Å². The van der Waals surface area contributed by atoms with Crippen molar-refractivity contribution < 1.29 is 27.5 Å². The van der Waals surface area contributed by atoms with E-state index in [1.54, 1.807) is 56.6 Å². The van der Waals surface area contributed by atoms with Crippen LogP contribution in [0, 0.1) is 5.41 Å². The lowest BCUT2D eigenvalue weighted by atomic mass is 9.67. The Balaban J connectivity index is 1.41. The number of amides is 1. The van der Waals surface area contributed by atoms with Crippen LogP contribution in [0.3, 0.4) is 0 Å². The minimum absolute atomic E-state index is 0.0580. The summed E-state index contributed by atoms with van der Waals surface area (Å²) in [7, 11) is 0. The van der Waals surface area contributed by atoms with Gasteiger partial charge >= 0.3 is 12.1 Å². The summed E-state index contributed by atoms with van der Waals surface area (Å²) in [6, 6.07) is 11.4. The summed E-state index contributed by atoms with van der Waals surface area (Å²) in [6.07, 6.45) is -1.16. The quantitative estimate of drug-likeness (QED) is 0.436. The Morgan fingerprint density at radius 1 is 1.10 bits per heavy atom. The third-order valence-corrected chi connectivity index (χ3v) is 8.06. The second-order valence-electron chi connectivity index (χ2n) is 10.3. The molecule has 1 saturated heterocycles. The molecular weight excluding hydrogens is 537 g/mol. The lowest BCUT2D eigenvalue weighted by molar-refractivity contribution is -0.137. The van der Waals surface area contributed by atoms with E-state index in [0.717, 1.165) is 12.1 Å². The zero-order valence-electron chi connectivity index (χ0n) is 22.4. The molecule has 6 rings (SSSR count). The van der Waals surface area contributed by atoms with E-state index < -0.39 is 29.2 Å². The van der Waals surface area contributed by atoms with Gasteiger partial charge in [0.15, 0.2) is 0 Å². The Morgan fingerprint density at radius 2 is 1.83 bits per heavy atom. The summed E-state index contributed by atoms with van der Waals surface area (Å²) in [4.78, 5) is 39.3. The number of hydrogen-bond acceptors (Lipinski definition) is 8. The molecule has 1 aromatic heterocycles. The number of hydrazone groups is 1. The molecule has 1 spiro atoms. The summed E-state index contributed by atoms with van der Waals surface area (Å²) < 4.78 is 46.2. The number of benzene rings is 2. The number of piperazine rings is 1. The van der Waals surface area contributed by atoms with Crippen molar-refractivity contribution in [3.63, 3.8) is 0 Å². The van der Waals surface area contributed by atoms with Gasteiger partial charge < -0.3 is 14.5 Å². The number of carbonyl (C=O) groups excluding carboxylic acids is 2. The Bertz CT molecular complexity index is 1530. The molecule has 1 fully saturated rings. The predicted molar refractivity (Wildman–Crippen MR) is 146 cm³/mol. The minimum atomic E-state index is -4.52. The van der Waals surface area contributed by atoms with Gasteiger partial charge in [-0.3, -0.25) is 4.79 Å². The maximum Gasteiger partial charge on any atom is 0.416 e. The molecule has 0 N–H and O–H groups in total. The molecule has 3 aromatic rings. The molecule has 9 nitrogen and oxygen atoms in total. The Hall–Kier alpha value is -4.48. The van der Waals surface area contributed by atoms with Gasteiger partial charge in [-0.05, 0) is 74.4 Å². The summed E-state index contributed by atoms with van der Waals surface area (Å²) in [5.74, 6) is -0.298. The number of ether oxygens (including phenoxy) is 1. The largest absolute Gasteiger partial charge is 0.462 e. The van der Waals surface area contributed by atoms with Crippen LogP contribution < -0.4 is 14.8 Å². The predicted octanol–water partition coefficient (Wildman–Crippen LogP) is 4.33. The maximum absolute atomic E-state index is 14.4. The average Bonchev–Trinajstić information content (AvgIpc) is 3.22. The molecule has 1 amide bonds. The molecule has 0 bridgehead atoms. The number of rotatable bonds is 4. The van der Waals surface area contributed by atoms with Gasteiger partial charge in [-0.2, -0.15) is 23.3 Å². The standard InChI is InChI=1S/C29H27F3N6O3/c1-3-41-25(39)19-5-8-22(9-6-19)38-26(40)28(18(2)35-38)16-20-15-21(29(30,31)32)7-10-23(20)37-14-13-36(17-24(28)37)27-33-11-4-12-34-27/h4-12,15,24H,3,13-14,16-17H2,1-2H3/t24-,28+/m1/s1. The molecule has 3 aliphatic heterocycles. The van der Waals surface area contributed by atoms with E-state index in [4.69, 9.17) is 4.74 Å². The summed E-state index contributed by atoms with van der Waals surface area (Å²) in [6.45, 7) is 5.06. The number of anilines is 3. The van der Waals surface area contributed by atoms with Crippen LogP contribution in [0.2, 0.25) is 0 Å². The monoisotopic (exact) mass is 564 g/mol. The van der Waals surface area contributed by atoms with Crippen molar-refractivity contribution in [2.24, 2.45) is 10.5 Å². The molecule has 3 aliphatic rings. The number of hydrogen-bond donors (Lipinski definition) is 0. The first-order valence-electron chi connectivity index (χ1n) is 13.3. The van der Waals surface area contributed by atoms with E-state index in [9.17, 15) is 22.8 Å². The SMILES string of the molecule is CCOC(=O)c1ccc(N2N=C(C)[C@]3(Cc4cc(C(F)(F)F)ccc4N4CCN(c5ncccn5)C[C@@H]43)C2=O)cc1. The normalized spacial score (nSPS) is 22.0. The molecule has 4 heterocycles. The molecule has 0 aliphatic carbocycles. The van der Waals surface area contributed by atoms with E-state index in [0.29, 0.717) is 53.8 Å². The summed E-state index contributed by atoms with van der Waals surface area (Å²) in [5.41, 5.74) is 0.423. The number of alkyl halides is 3. The molecule has 212 valence electrons. The number of carbonyl (C=O) groups is 2. The highest BCUT2D eigenvalue weighted by Crippen LogP contribution is 2.49. The summed E-state index contributed by atoms with van der Waals surface area (Å²) >= 11 is 0. The van der Waals surface area contributed by atoms with Crippen LogP contribution in [0.5, 0.6) is 0 Å². The van der Waals surface area contributed by atoms with Crippen LogP contribution in [0.15, 0.2) is 66.0 Å². The fourth-order valence-corrected chi connectivity index (χ4v) is 6.07. The highest BCUT2D eigenvalue weighted by molar-refractivity contribution is 6.20.